The molecular formula is C20H22N2O5. The second-order valence-corrected chi connectivity index (χ2v) is 5.89. The lowest BCUT2D eigenvalue weighted by Gasteiger charge is -2.14. The summed E-state index contributed by atoms with van der Waals surface area (Å²) in [6.07, 6.45) is -1.13. The van der Waals surface area contributed by atoms with Gasteiger partial charge in [0.05, 0.1) is 12.7 Å². The van der Waals surface area contributed by atoms with Crippen LogP contribution in [-0.2, 0) is 16.1 Å². The molecular weight excluding hydrogens is 348 g/mol. The van der Waals surface area contributed by atoms with Crippen molar-refractivity contribution in [1.82, 2.24) is 10.6 Å². The second-order valence-electron chi connectivity index (χ2n) is 5.89. The first-order valence-corrected chi connectivity index (χ1v) is 8.39. The van der Waals surface area contributed by atoms with E-state index in [1.54, 1.807) is 12.1 Å². The van der Waals surface area contributed by atoms with E-state index in [1.807, 2.05) is 37.3 Å². The monoisotopic (exact) mass is 370 g/mol. The molecule has 0 saturated carbocycles. The van der Waals surface area contributed by atoms with E-state index < -0.39 is 24.0 Å². The van der Waals surface area contributed by atoms with Crippen molar-refractivity contribution in [3.63, 3.8) is 0 Å². The summed E-state index contributed by atoms with van der Waals surface area (Å²) in [7, 11) is 1.50. The van der Waals surface area contributed by atoms with Gasteiger partial charge in [-0.2, -0.15) is 0 Å². The Morgan fingerprint density at radius 2 is 1.78 bits per heavy atom. The first-order chi connectivity index (χ1) is 12.9. The fourth-order valence-corrected chi connectivity index (χ4v) is 2.27. The SMILES string of the molecule is COc1cc(C(=O)O[C@@H](C)C(=O)NC(=O)NCc2ccccc2)ccc1C. The molecule has 0 aromatic heterocycles. The normalized spacial score (nSPS) is 11.2. The van der Waals surface area contributed by atoms with Gasteiger partial charge in [0.15, 0.2) is 6.10 Å². The number of nitrogens with one attached hydrogen (secondary N) is 2. The summed E-state index contributed by atoms with van der Waals surface area (Å²) >= 11 is 0. The van der Waals surface area contributed by atoms with Crippen molar-refractivity contribution in [3.05, 3.63) is 65.2 Å². The van der Waals surface area contributed by atoms with Crippen LogP contribution in [0.25, 0.3) is 0 Å². The number of rotatable bonds is 6. The van der Waals surface area contributed by atoms with Crippen molar-refractivity contribution in [2.24, 2.45) is 0 Å². The summed E-state index contributed by atoms with van der Waals surface area (Å²) < 4.78 is 10.3. The Balaban J connectivity index is 1.85. The average Bonchev–Trinajstić information content (AvgIpc) is 2.67. The maximum Gasteiger partial charge on any atom is 0.339 e. The van der Waals surface area contributed by atoms with Crippen LogP contribution >= 0.6 is 0 Å². The lowest BCUT2D eigenvalue weighted by molar-refractivity contribution is -0.127. The fourth-order valence-electron chi connectivity index (χ4n) is 2.27. The fraction of sp³-hybridized carbons (Fsp3) is 0.250. The molecule has 0 unspecified atom stereocenters. The molecule has 0 aliphatic heterocycles. The Morgan fingerprint density at radius 3 is 2.44 bits per heavy atom. The molecule has 0 radical (unpaired) electrons. The number of benzene rings is 2. The quantitative estimate of drug-likeness (QED) is 0.762. The molecule has 142 valence electrons. The van der Waals surface area contributed by atoms with E-state index in [0.717, 1.165) is 11.1 Å². The van der Waals surface area contributed by atoms with Crippen molar-refractivity contribution < 1.29 is 23.9 Å². The zero-order valence-electron chi connectivity index (χ0n) is 15.4. The van der Waals surface area contributed by atoms with Gasteiger partial charge in [-0.25, -0.2) is 9.59 Å². The molecule has 0 bridgehead atoms. The van der Waals surface area contributed by atoms with Crippen LogP contribution in [0, 0.1) is 6.92 Å². The Bertz CT molecular complexity index is 820. The minimum atomic E-state index is -1.13. The molecule has 2 rings (SSSR count). The first kappa shape index (κ1) is 20.0. The van der Waals surface area contributed by atoms with E-state index in [-0.39, 0.29) is 12.1 Å². The van der Waals surface area contributed by atoms with Crippen LogP contribution in [0.5, 0.6) is 5.75 Å². The van der Waals surface area contributed by atoms with Gasteiger partial charge in [0.1, 0.15) is 5.75 Å². The number of amides is 3. The van der Waals surface area contributed by atoms with Gasteiger partial charge in [0.2, 0.25) is 0 Å². The van der Waals surface area contributed by atoms with Crippen LogP contribution in [0.15, 0.2) is 48.5 Å². The van der Waals surface area contributed by atoms with E-state index in [4.69, 9.17) is 9.47 Å². The smallest absolute Gasteiger partial charge is 0.339 e. The van der Waals surface area contributed by atoms with Crippen molar-refractivity contribution in [3.8, 4) is 5.75 Å². The number of carbonyl (C=O) groups is 3. The summed E-state index contributed by atoms with van der Waals surface area (Å²) in [4.78, 5) is 36.0. The summed E-state index contributed by atoms with van der Waals surface area (Å²) in [6, 6.07) is 13.4. The molecule has 2 aromatic carbocycles. The van der Waals surface area contributed by atoms with Gasteiger partial charge < -0.3 is 14.8 Å². The summed E-state index contributed by atoms with van der Waals surface area (Å²) in [5.74, 6) is -0.851. The minimum Gasteiger partial charge on any atom is -0.496 e. The van der Waals surface area contributed by atoms with Crippen LogP contribution in [0.4, 0.5) is 4.79 Å². The molecule has 0 aliphatic carbocycles. The Hall–Kier alpha value is -3.35. The Morgan fingerprint density at radius 1 is 1.07 bits per heavy atom. The molecule has 0 fully saturated rings. The lowest BCUT2D eigenvalue weighted by Crippen LogP contribution is -2.44. The van der Waals surface area contributed by atoms with E-state index in [0.29, 0.717) is 5.75 Å². The third-order valence-electron chi connectivity index (χ3n) is 3.83. The van der Waals surface area contributed by atoms with E-state index >= 15 is 0 Å². The highest BCUT2D eigenvalue weighted by Gasteiger charge is 2.21. The second kappa shape index (κ2) is 9.38. The largest absolute Gasteiger partial charge is 0.496 e. The standard InChI is InChI=1S/C20H22N2O5/c1-13-9-10-16(11-17(13)26-3)19(24)27-14(2)18(23)22-20(25)21-12-15-7-5-4-6-8-15/h4-11,14H,12H2,1-3H3,(H2,21,22,23,25)/t14-/m0/s1. The summed E-state index contributed by atoms with van der Waals surface area (Å²) in [6.45, 7) is 3.51. The molecule has 0 saturated heterocycles. The van der Waals surface area contributed by atoms with Crippen LogP contribution in [-0.4, -0.2) is 31.1 Å². The van der Waals surface area contributed by atoms with Gasteiger partial charge in [-0.1, -0.05) is 36.4 Å². The zero-order chi connectivity index (χ0) is 19.8. The third kappa shape index (κ3) is 5.85. The van der Waals surface area contributed by atoms with Crippen molar-refractivity contribution in [1.29, 1.82) is 0 Å². The van der Waals surface area contributed by atoms with E-state index in [2.05, 4.69) is 10.6 Å². The lowest BCUT2D eigenvalue weighted by atomic mass is 10.1. The topological polar surface area (TPSA) is 93.7 Å². The molecule has 0 spiro atoms. The summed E-state index contributed by atoms with van der Waals surface area (Å²) in [5.41, 5.74) is 2.02. The zero-order valence-corrected chi connectivity index (χ0v) is 15.4. The first-order valence-electron chi connectivity index (χ1n) is 8.39. The van der Waals surface area contributed by atoms with Gasteiger partial charge in [0, 0.05) is 6.54 Å². The van der Waals surface area contributed by atoms with Crippen molar-refractivity contribution in [2.45, 2.75) is 26.5 Å². The molecule has 0 heterocycles. The average molecular weight is 370 g/mol. The van der Waals surface area contributed by atoms with Crippen molar-refractivity contribution in [2.75, 3.05) is 7.11 Å². The highest BCUT2D eigenvalue weighted by Crippen LogP contribution is 2.19. The van der Waals surface area contributed by atoms with Gasteiger partial charge in [-0.3, -0.25) is 10.1 Å². The predicted molar refractivity (Wildman–Crippen MR) is 99.4 cm³/mol. The Kier molecular flexibility index (Phi) is 6.93. The van der Waals surface area contributed by atoms with Gasteiger partial charge in [-0.05, 0) is 37.1 Å². The number of aryl methyl sites for hydroxylation is 1. The van der Waals surface area contributed by atoms with E-state index in [9.17, 15) is 14.4 Å². The predicted octanol–water partition coefficient (Wildman–Crippen LogP) is 2.57. The molecule has 0 aliphatic rings. The minimum absolute atomic E-state index is 0.255. The Labute approximate surface area is 157 Å². The van der Waals surface area contributed by atoms with Gasteiger partial charge in [0.25, 0.3) is 5.91 Å². The number of hydrogen-bond acceptors (Lipinski definition) is 5. The number of carbonyl (C=O) groups excluding carboxylic acids is 3. The molecule has 7 heteroatoms. The number of methoxy groups -OCH3 is 1. The van der Waals surface area contributed by atoms with Crippen LogP contribution < -0.4 is 15.4 Å². The maximum absolute atomic E-state index is 12.2. The molecule has 1 atom stereocenters. The van der Waals surface area contributed by atoms with Crippen LogP contribution in [0.3, 0.4) is 0 Å². The molecule has 27 heavy (non-hydrogen) atoms. The maximum atomic E-state index is 12.2. The number of urea groups is 1. The van der Waals surface area contributed by atoms with Gasteiger partial charge >= 0.3 is 12.0 Å². The molecule has 2 aromatic rings. The van der Waals surface area contributed by atoms with Crippen molar-refractivity contribution >= 4 is 17.9 Å². The van der Waals surface area contributed by atoms with Crippen LogP contribution in [0.2, 0.25) is 0 Å². The number of imide groups is 1. The number of hydrogen-bond donors (Lipinski definition) is 2. The van der Waals surface area contributed by atoms with Gasteiger partial charge in [-0.15, -0.1) is 0 Å². The molecule has 3 amide bonds. The third-order valence-corrected chi connectivity index (χ3v) is 3.83. The highest BCUT2D eigenvalue weighted by molar-refractivity contribution is 5.98. The summed E-state index contributed by atoms with van der Waals surface area (Å²) in [5, 5.41) is 4.71. The molecule has 7 nitrogen and oxygen atoms in total. The van der Waals surface area contributed by atoms with E-state index in [1.165, 1.54) is 20.1 Å². The number of ether oxygens (including phenoxy) is 2. The number of esters is 1. The highest BCUT2D eigenvalue weighted by atomic mass is 16.5. The molecule has 2 N–H and O–H groups in total. The van der Waals surface area contributed by atoms with Crippen LogP contribution in [0.1, 0.15) is 28.4 Å².